The van der Waals surface area contributed by atoms with Gasteiger partial charge in [-0.1, -0.05) is 12.1 Å². The summed E-state index contributed by atoms with van der Waals surface area (Å²) >= 11 is 0. The van der Waals surface area contributed by atoms with Crippen molar-refractivity contribution < 1.29 is 14.3 Å². The number of hydrogen-bond acceptors (Lipinski definition) is 4. The van der Waals surface area contributed by atoms with E-state index in [1.54, 1.807) is 12.1 Å². The highest BCUT2D eigenvalue weighted by Gasteiger charge is 2.27. The van der Waals surface area contributed by atoms with Crippen LogP contribution in [0.1, 0.15) is 23.2 Å². The molecule has 0 aliphatic carbocycles. The molecule has 4 heteroatoms. The second-order valence-corrected chi connectivity index (χ2v) is 4.05. The Balaban J connectivity index is 2.37. The minimum Gasteiger partial charge on any atom is -0.465 e. The fourth-order valence-corrected chi connectivity index (χ4v) is 2.24. The Morgan fingerprint density at radius 1 is 1.47 bits per heavy atom. The van der Waals surface area contributed by atoms with Crippen LogP contribution in [0, 0.1) is 0 Å². The van der Waals surface area contributed by atoms with Gasteiger partial charge in [0, 0.05) is 6.54 Å². The van der Waals surface area contributed by atoms with Crippen LogP contribution in [-0.2, 0) is 9.53 Å². The Kier molecular flexibility index (Phi) is 3.42. The predicted octanol–water partition coefficient (Wildman–Crippen LogP) is 1.64. The molecular weight excluding hydrogens is 218 g/mol. The summed E-state index contributed by atoms with van der Waals surface area (Å²) in [5, 5.41) is 0. The molecule has 1 aromatic carbocycles. The van der Waals surface area contributed by atoms with E-state index in [0.717, 1.165) is 31.4 Å². The highest BCUT2D eigenvalue weighted by atomic mass is 16.5. The molecule has 1 unspecified atom stereocenters. The molecule has 0 saturated carbocycles. The number of anilines is 1. The normalized spacial score (nSPS) is 19.1. The summed E-state index contributed by atoms with van der Waals surface area (Å²) in [5.41, 5.74) is 1.30. The van der Waals surface area contributed by atoms with Crippen LogP contribution in [-0.4, -0.2) is 32.0 Å². The lowest BCUT2D eigenvalue weighted by molar-refractivity contribution is -0.108. The van der Waals surface area contributed by atoms with Crippen LogP contribution >= 0.6 is 0 Å². The molecule has 1 aliphatic heterocycles. The van der Waals surface area contributed by atoms with Gasteiger partial charge in [0.15, 0.2) is 0 Å². The van der Waals surface area contributed by atoms with Gasteiger partial charge in [-0.25, -0.2) is 4.79 Å². The maximum atomic E-state index is 11.6. The van der Waals surface area contributed by atoms with Gasteiger partial charge in [-0.3, -0.25) is 0 Å². The van der Waals surface area contributed by atoms with Gasteiger partial charge in [0.1, 0.15) is 6.29 Å². The third-order valence-electron chi connectivity index (χ3n) is 3.08. The number of hydrogen-bond donors (Lipinski definition) is 0. The number of aldehydes is 1. The molecule has 2 rings (SSSR count). The largest absolute Gasteiger partial charge is 0.465 e. The third kappa shape index (κ3) is 2.16. The molecule has 17 heavy (non-hydrogen) atoms. The lowest BCUT2D eigenvalue weighted by Gasteiger charge is -2.24. The monoisotopic (exact) mass is 233 g/mol. The van der Waals surface area contributed by atoms with Crippen LogP contribution in [0.3, 0.4) is 0 Å². The van der Waals surface area contributed by atoms with Gasteiger partial charge in [0.2, 0.25) is 0 Å². The van der Waals surface area contributed by atoms with E-state index in [9.17, 15) is 9.59 Å². The smallest absolute Gasteiger partial charge is 0.339 e. The van der Waals surface area contributed by atoms with Crippen molar-refractivity contribution in [2.24, 2.45) is 0 Å². The summed E-state index contributed by atoms with van der Waals surface area (Å²) in [6.07, 6.45) is 2.76. The van der Waals surface area contributed by atoms with E-state index in [2.05, 4.69) is 0 Å². The molecule has 0 radical (unpaired) electrons. The number of ether oxygens (including phenoxy) is 1. The first kappa shape index (κ1) is 11.6. The van der Waals surface area contributed by atoms with Gasteiger partial charge in [0.25, 0.3) is 0 Å². The predicted molar refractivity (Wildman–Crippen MR) is 64.2 cm³/mol. The van der Waals surface area contributed by atoms with Crippen molar-refractivity contribution in [3.63, 3.8) is 0 Å². The van der Waals surface area contributed by atoms with Gasteiger partial charge >= 0.3 is 5.97 Å². The molecule has 90 valence electrons. The van der Waals surface area contributed by atoms with E-state index < -0.39 is 0 Å². The third-order valence-corrected chi connectivity index (χ3v) is 3.08. The zero-order valence-corrected chi connectivity index (χ0v) is 9.76. The number of carbonyl (C=O) groups excluding carboxylic acids is 2. The van der Waals surface area contributed by atoms with Crippen LogP contribution in [0.25, 0.3) is 0 Å². The highest BCUT2D eigenvalue weighted by molar-refractivity contribution is 5.96. The minimum atomic E-state index is -0.364. The Morgan fingerprint density at radius 3 is 2.94 bits per heavy atom. The second kappa shape index (κ2) is 4.99. The maximum Gasteiger partial charge on any atom is 0.339 e. The van der Waals surface area contributed by atoms with Crippen molar-refractivity contribution in [1.82, 2.24) is 0 Å². The topological polar surface area (TPSA) is 46.6 Å². The second-order valence-electron chi connectivity index (χ2n) is 4.05. The SMILES string of the molecule is COC(=O)c1ccccc1N1CCCC1C=O. The standard InChI is InChI=1S/C13H15NO3/c1-17-13(16)11-6-2-3-7-12(11)14-8-4-5-10(14)9-15/h2-3,6-7,9-10H,4-5,8H2,1H3. The van der Waals surface area contributed by atoms with Crippen molar-refractivity contribution in [3.8, 4) is 0 Å². The molecule has 1 aromatic rings. The van der Waals surface area contributed by atoms with E-state index in [4.69, 9.17) is 4.74 Å². The Hall–Kier alpha value is -1.84. The fourth-order valence-electron chi connectivity index (χ4n) is 2.24. The fraction of sp³-hybridized carbons (Fsp3) is 0.385. The summed E-state index contributed by atoms with van der Waals surface area (Å²) in [6.45, 7) is 0.803. The molecular formula is C13H15NO3. The van der Waals surface area contributed by atoms with Crippen LogP contribution in [0.4, 0.5) is 5.69 Å². The Morgan fingerprint density at radius 2 is 2.24 bits per heavy atom. The van der Waals surface area contributed by atoms with Gasteiger partial charge in [-0.05, 0) is 25.0 Å². The molecule has 0 amide bonds. The Labute approximate surface area is 100 Å². The van der Waals surface area contributed by atoms with E-state index in [-0.39, 0.29) is 12.0 Å². The van der Waals surface area contributed by atoms with E-state index in [1.807, 2.05) is 17.0 Å². The number of esters is 1. The van der Waals surface area contributed by atoms with Crippen LogP contribution in [0.2, 0.25) is 0 Å². The highest BCUT2D eigenvalue weighted by Crippen LogP contribution is 2.28. The van der Waals surface area contributed by atoms with Gasteiger partial charge in [-0.15, -0.1) is 0 Å². The van der Waals surface area contributed by atoms with Gasteiger partial charge < -0.3 is 14.4 Å². The van der Waals surface area contributed by atoms with Crippen molar-refractivity contribution in [2.75, 3.05) is 18.6 Å². The number of nitrogens with zero attached hydrogens (tertiary/aromatic N) is 1. The van der Waals surface area contributed by atoms with E-state index in [0.29, 0.717) is 5.56 Å². The van der Waals surface area contributed by atoms with Crippen molar-refractivity contribution in [2.45, 2.75) is 18.9 Å². The molecule has 0 spiro atoms. The first-order valence-corrected chi connectivity index (χ1v) is 5.67. The van der Waals surface area contributed by atoms with Crippen LogP contribution in [0.5, 0.6) is 0 Å². The molecule has 0 aromatic heterocycles. The summed E-state index contributed by atoms with van der Waals surface area (Å²) in [5.74, 6) is -0.364. The molecule has 1 heterocycles. The first-order chi connectivity index (χ1) is 8.27. The first-order valence-electron chi connectivity index (χ1n) is 5.67. The van der Waals surface area contributed by atoms with E-state index >= 15 is 0 Å². The molecule has 1 atom stereocenters. The minimum absolute atomic E-state index is 0.124. The molecule has 0 N–H and O–H groups in total. The average molecular weight is 233 g/mol. The summed E-state index contributed by atoms with van der Waals surface area (Å²) in [6, 6.07) is 7.11. The maximum absolute atomic E-state index is 11.6. The lowest BCUT2D eigenvalue weighted by Crippen LogP contribution is -2.31. The number of benzene rings is 1. The van der Waals surface area contributed by atoms with Crippen molar-refractivity contribution >= 4 is 17.9 Å². The number of methoxy groups -OCH3 is 1. The lowest BCUT2D eigenvalue weighted by atomic mass is 10.1. The molecule has 1 saturated heterocycles. The Bertz CT molecular complexity index is 430. The van der Waals surface area contributed by atoms with Gasteiger partial charge in [0.05, 0.1) is 24.4 Å². The average Bonchev–Trinajstić information content (AvgIpc) is 2.86. The molecule has 4 nitrogen and oxygen atoms in total. The van der Waals surface area contributed by atoms with Crippen molar-refractivity contribution in [1.29, 1.82) is 0 Å². The molecule has 0 bridgehead atoms. The van der Waals surface area contributed by atoms with Crippen LogP contribution < -0.4 is 4.90 Å². The molecule has 1 aliphatic rings. The van der Waals surface area contributed by atoms with Gasteiger partial charge in [-0.2, -0.15) is 0 Å². The van der Waals surface area contributed by atoms with Crippen molar-refractivity contribution in [3.05, 3.63) is 29.8 Å². The zero-order valence-electron chi connectivity index (χ0n) is 9.76. The van der Waals surface area contributed by atoms with Crippen LogP contribution in [0.15, 0.2) is 24.3 Å². The summed E-state index contributed by atoms with van der Waals surface area (Å²) < 4.78 is 4.75. The van der Waals surface area contributed by atoms with E-state index in [1.165, 1.54) is 7.11 Å². The molecule has 1 fully saturated rings. The summed E-state index contributed by atoms with van der Waals surface area (Å²) in [7, 11) is 1.36. The summed E-state index contributed by atoms with van der Waals surface area (Å²) in [4.78, 5) is 24.6. The zero-order chi connectivity index (χ0) is 12.3. The number of para-hydroxylation sites is 1. The quantitative estimate of drug-likeness (QED) is 0.588. The number of rotatable bonds is 3. The number of carbonyl (C=O) groups is 2.